The van der Waals surface area contributed by atoms with Crippen LogP contribution in [0.1, 0.15) is 50.8 Å². The fourth-order valence-corrected chi connectivity index (χ4v) is 4.65. The second kappa shape index (κ2) is 11.0. The summed E-state index contributed by atoms with van der Waals surface area (Å²) in [7, 11) is 4.88. The van der Waals surface area contributed by atoms with Crippen LogP contribution in [-0.2, 0) is 21.4 Å². The van der Waals surface area contributed by atoms with Gasteiger partial charge in [0.15, 0.2) is 12.0 Å². The fraction of sp³-hybridized carbons (Fsp3) is 0.560. The second-order valence-electron chi connectivity index (χ2n) is 8.94. The van der Waals surface area contributed by atoms with E-state index in [-0.39, 0.29) is 24.5 Å². The minimum absolute atomic E-state index is 0.0141. The molecule has 0 aliphatic carbocycles. The molecule has 3 aromatic heterocycles. The zero-order valence-corrected chi connectivity index (χ0v) is 21.7. The van der Waals surface area contributed by atoms with Crippen LogP contribution in [0.25, 0.3) is 22.2 Å². The zero-order chi connectivity index (χ0) is 26.0. The summed E-state index contributed by atoms with van der Waals surface area (Å²) in [5.74, 6) is 0.150. The summed E-state index contributed by atoms with van der Waals surface area (Å²) in [6.07, 6.45) is 3.94. The number of fused-ring (bicyclic) bond motifs is 1. The standard InChI is InChI=1S/C25H35N5O6/c1-7-18-11-17(9-10-35-18)30(25(32)34-8-2)21-20-12-19(16-13-26-28(4)14-16)15(3)27-23(20)36-22(21)24(31)29(5)33-6/h12-14,17-18,24,31H,7-11H2,1-6H3/t17-,18-,24?/m0/s1. The van der Waals surface area contributed by atoms with Gasteiger partial charge >= 0.3 is 6.09 Å². The molecule has 1 unspecified atom stereocenters. The number of furan rings is 1. The highest BCUT2D eigenvalue weighted by atomic mass is 16.7. The van der Waals surface area contributed by atoms with Crippen molar-refractivity contribution < 1.29 is 28.6 Å². The third-order valence-electron chi connectivity index (χ3n) is 6.62. The number of hydrogen-bond acceptors (Lipinski definition) is 9. The lowest BCUT2D eigenvalue weighted by atomic mass is 9.98. The Bertz CT molecular complexity index is 1210. The van der Waals surface area contributed by atoms with E-state index in [9.17, 15) is 9.90 Å². The lowest BCUT2D eigenvalue weighted by Crippen LogP contribution is -2.46. The number of pyridine rings is 1. The van der Waals surface area contributed by atoms with E-state index in [0.29, 0.717) is 36.2 Å². The Morgan fingerprint density at radius 1 is 1.39 bits per heavy atom. The number of hydrogen-bond donors (Lipinski definition) is 1. The van der Waals surface area contributed by atoms with Crippen LogP contribution in [0, 0.1) is 6.92 Å². The van der Waals surface area contributed by atoms with Gasteiger partial charge in [-0.3, -0.25) is 14.4 Å². The van der Waals surface area contributed by atoms with Crippen LogP contribution >= 0.6 is 0 Å². The zero-order valence-electron chi connectivity index (χ0n) is 21.7. The molecule has 11 heteroatoms. The van der Waals surface area contributed by atoms with E-state index < -0.39 is 12.3 Å². The highest BCUT2D eigenvalue weighted by Gasteiger charge is 2.38. The Hall–Kier alpha value is -2.99. The van der Waals surface area contributed by atoms with Gasteiger partial charge < -0.3 is 19.0 Å². The van der Waals surface area contributed by atoms with Crippen molar-refractivity contribution in [3.63, 3.8) is 0 Å². The lowest BCUT2D eigenvalue weighted by molar-refractivity contribution is -0.211. The second-order valence-corrected chi connectivity index (χ2v) is 8.94. The summed E-state index contributed by atoms with van der Waals surface area (Å²) in [6, 6.07) is 1.71. The minimum Gasteiger partial charge on any atom is -0.449 e. The first kappa shape index (κ1) is 26.1. The average Bonchev–Trinajstić information content (AvgIpc) is 3.46. The number of aryl methyl sites for hydroxylation is 2. The van der Waals surface area contributed by atoms with Crippen LogP contribution in [-0.4, -0.2) is 70.5 Å². The highest BCUT2D eigenvalue weighted by Crippen LogP contribution is 2.42. The van der Waals surface area contributed by atoms with E-state index in [1.807, 2.05) is 26.2 Å². The third kappa shape index (κ3) is 4.96. The van der Waals surface area contributed by atoms with Gasteiger partial charge in [-0.2, -0.15) is 10.2 Å². The monoisotopic (exact) mass is 501 g/mol. The number of aromatic nitrogens is 3. The number of rotatable bonds is 8. The van der Waals surface area contributed by atoms with Gasteiger partial charge in [0, 0.05) is 49.8 Å². The SMILES string of the molecule is CCOC(=O)N(c1c(C(O)N(C)OC)oc2nc(C)c(-c3cnn(C)c3)cc12)[C@H]1CCO[C@@H](CC)C1. The molecule has 4 rings (SSSR count). The van der Waals surface area contributed by atoms with E-state index >= 15 is 0 Å². The molecule has 0 aromatic carbocycles. The Morgan fingerprint density at radius 2 is 2.17 bits per heavy atom. The number of hydroxylamine groups is 2. The van der Waals surface area contributed by atoms with Crippen LogP contribution in [0.15, 0.2) is 22.9 Å². The van der Waals surface area contributed by atoms with Gasteiger partial charge in [-0.1, -0.05) is 6.92 Å². The minimum atomic E-state index is -1.29. The van der Waals surface area contributed by atoms with Crippen LogP contribution in [0.2, 0.25) is 0 Å². The predicted octanol–water partition coefficient (Wildman–Crippen LogP) is 3.94. The third-order valence-corrected chi connectivity index (χ3v) is 6.62. The number of aliphatic hydroxyl groups excluding tert-OH is 1. The number of carbonyl (C=O) groups excluding carboxylic acids is 1. The number of amides is 1. The van der Waals surface area contributed by atoms with Crippen molar-refractivity contribution in [2.75, 3.05) is 32.3 Å². The maximum Gasteiger partial charge on any atom is 0.414 e. The molecule has 1 fully saturated rings. The summed E-state index contributed by atoms with van der Waals surface area (Å²) < 4.78 is 19.2. The summed E-state index contributed by atoms with van der Waals surface area (Å²) in [5.41, 5.74) is 3.19. The summed E-state index contributed by atoms with van der Waals surface area (Å²) >= 11 is 0. The molecule has 0 spiro atoms. The van der Waals surface area contributed by atoms with E-state index in [4.69, 9.17) is 23.7 Å². The number of aliphatic hydroxyl groups is 1. The van der Waals surface area contributed by atoms with Gasteiger partial charge in [0.1, 0.15) is 5.69 Å². The molecule has 3 atom stereocenters. The molecule has 0 bridgehead atoms. The topological polar surface area (TPSA) is 115 Å². The first-order valence-corrected chi connectivity index (χ1v) is 12.2. The van der Waals surface area contributed by atoms with Crippen LogP contribution in [0.3, 0.4) is 0 Å². The molecular weight excluding hydrogens is 466 g/mol. The Balaban J connectivity index is 1.96. The highest BCUT2D eigenvalue weighted by molar-refractivity contribution is 6.02. The van der Waals surface area contributed by atoms with E-state index in [2.05, 4.69) is 12.0 Å². The molecule has 0 saturated carbocycles. The molecule has 1 aliphatic heterocycles. The predicted molar refractivity (Wildman–Crippen MR) is 133 cm³/mol. The Kier molecular flexibility index (Phi) is 7.94. The van der Waals surface area contributed by atoms with Gasteiger partial charge in [-0.05, 0) is 39.2 Å². The van der Waals surface area contributed by atoms with E-state index in [1.54, 1.807) is 29.7 Å². The fourth-order valence-electron chi connectivity index (χ4n) is 4.65. The van der Waals surface area contributed by atoms with Gasteiger partial charge in [-0.25, -0.2) is 9.78 Å². The maximum atomic E-state index is 13.5. The van der Waals surface area contributed by atoms with Crippen LogP contribution in [0.4, 0.5) is 10.5 Å². The number of anilines is 1. The van der Waals surface area contributed by atoms with Gasteiger partial charge in [-0.15, -0.1) is 0 Å². The molecule has 36 heavy (non-hydrogen) atoms. The smallest absolute Gasteiger partial charge is 0.414 e. The number of carbonyl (C=O) groups is 1. The van der Waals surface area contributed by atoms with Crippen molar-refractivity contribution in [1.29, 1.82) is 0 Å². The number of nitrogens with zero attached hydrogens (tertiary/aromatic N) is 5. The molecule has 11 nitrogen and oxygen atoms in total. The lowest BCUT2D eigenvalue weighted by Gasteiger charge is -2.37. The molecule has 3 aromatic rings. The van der Waals surface area contributed by atoms with E-state index in [1.165, 1.54) is 12.2 Å². The van der Waals surface area contributed by atoms with Crippen molar-refractivity contribution in [3.8, 4) is 11.1 Å². The largest absolute Gasteiger partial charge is 0.449 e. The van der Waals surface area contributed by atoms with Gasteiger partial charge in [0.25, 0.3) is 0 Å². The summed E-state index contributed by atoms with van der Waals surface area (Å²) in [6.45, 7) is 6.43. The molecule has 0 radical (unpaired) electrons. The summed E-state index contributed by atoms with van der Waals surface area (Å²) in [4.78, 5) is 25.0. The summed E-state index contributed by atoms with van der Waals surface area (Å²) in [5, 5.41) is 17.3. The van der Waals surface area contributed by atoms with Crippen molar-refractivity contribution in [2.24, 2.45) is 7.05 Å². The van der Waals surface area contributed by atoms with Crippen molar-refractivity contribution in [2.45, 2.75) is 58.4 Å². The molecule has 1 aliphatic rings. The van der Waals surface area contributed by atoms with Gasteiger partial charge in [0.2, 0.25) is 5.71 Å². The normalized spacial score (nSPS) is 19.1. The molecule has 196 valence electrons. The first-order chi connectivity index (χ1) is 17.3. The quantitative estimate of drug-likeness (QED) is 0.362. The van der Waals surface area contributed by atoms with Crippen LogP contribution < -0.4 is 4.90 Å². The Labute approximate surface area is 210 Å². The van der Waals surface area contributed by atoms with E-state index in [0.717, 1.165) is 23.2 Å². The molecular formula is C25H35N5O6. The maximum absolute atomic E-state index is 13.5. The average molecular weight is 502 g/mol. The van der Waals surface area contributed by atoms with Crippen LogP contribution in [0.5, 0.6) is 0 Å². The van der Waals surface area contributed by atoms with Crippen molar-refractivity contribution in [1.82, 2.24) is 19.8 Å². The molecule has 1 saturated heterocycles. The van der Waals surface area contributed by atoms with Gasteiger partial charge in [0.05, 0.1) is 31.4 Å². The van der Waals surface area contributed by atoms with Crippen molar-refractivity contribution >= 4 is 22.9 Å². The Morgan fingerprint density at radius 3 is 2.81 bits per heavy atom. The number of ether oxygens (including phenoxy) is 2. The first-order valence-electron chi connectivity index (χ1n) is 12.2. The molecule has 4 heterocycles. The molecule has 1 N–H and O–H groups in total. The molecule has 1 amide bonds. The van der Waals surface area contributed by atoms with Crippen molar-refractivity contribution in [3.05, 3.63) is 29.9 Å².